The van der Waals surface area contributed by atoms with Crippen LogP contribution in [-0.2, 0) is 16.6 Å². The Morgan fingerprint density at radius 1 is 1.26 bits per heavy atom. The van der Waals surface area contributed by atoms with E-state index in [0.29, 0.717) is 25.5 Å². The summed E-state index contributed by atoms with van der Waals surface area (Å²) in [5.41, 5.74) is 6.70. The van der Waals surface area contributed by atoms with Crippen LogP contribution in [0.15, 0.2) is 29.4 Å². The molecule has 1 aromatic heterocycles. The highest BCUT2D eigenvalue weighted by molar-refractivity contribution is 7.99. The lowest BCUT2D eigenvalue weighted by atomic mass is 9.87. The first kappa shape index (κ1) is 19.7. The molecule has 0 atom stereocenters. The molecule has 6 nitrogen and oxygen atoms in total. The maximum absolute atomic E-state index is 11.0. The molecule has 2 N–H and O–H groups in total. The van der Waals surface area contributed by atoms with Crippen molar-refractivity contribution in [1.29, 1.82) is 0 Å². The predicted octanol–water partition coefficient (Wildman–Crippen LogP) is 3.50. The van der Waals surface area contributed by atoms with Crippen LogP contribution < -0.4 is 10.5 Å². The summed E-state index contributed by atoms with van der Waals surface area (Å²) in [6.07, 6.45) is 3.15. The quantitative estimate of drug-likeness (QED) is 0.525. The Bertz CT molecular complexity index is 776. The number of nitrogens with zero attached hydrogens (tertiary/aromatic N) is 3. The van der Waals surface area contributed by atoms with Crippen LogP contribution in [0, 0.1) is 0 Å². The van der Waals surface area contributed by atoms with Gasteiger partial charge in [0.15, 0.2) is 5.16 Å². The van der Waals surface area contributed by atoms with Gasteiger partial charge in [-0.3, -0.25) is 4.79 Å². The molecule has 0 saturated heterocycles. The van der Waals surface area contributed by atoms with Crippen molar-refractivity contribution in [3.05, 3.63) is 35.7 Å². The van der Waals surface area contributed by atoms with E-state index in [0.717, 1.165) is 35.3 Å². The lowest BCUT2D eigenvalue weighted by Crippen LogP contribution is -2.13. The first-order valence-corrected chi connectivity index (χ1v) is 10.4. The lowest BCUT2D eigenvalue weighted by molar-refractivity contribution is -0.118. The molecular formula is C20H28N4O2S. The van der Waals surface area contributed by atoms with Gasteiger partial charge in [-0.25, -0.2) is 0 Å². The minimum Gasteiger partial charge on any atom is -0.493 e. The first-order chi connectivity index (χ1) is 12.8. The Hall–Kier alpha value is -2.02. The summed E-state index contributed by atoms with van der Waals surface area (Å²) >= 11 is 1.65. The fraction of sp³-hybridized carbons (Fsp3) is 0.550. The average Bonchev–Trinajstić information content (AvgIpc) is 3.37. The van der Waals surface area contributed by atoms with Crippen LogP contribution >= 0.6 is 11.8 Å². The molecule has 3 rings (SSSR count). The molecule has 146 valence electrons. The van der Waals surface area contributed by atoms with Crippen molar-refractivity contribution >= 4 is 17.7 Å². The minimum absolute atomic E-state index is 0.146. The van der Waals surface area contributed by atoms with Gasteiger partial charge in [-0.15, -0.1) is 10.2 Å². The normalized spacial score (nSPS) is 14.3. The highest BCUT2D eigenvalue weighted by atomic mass is 32.2. The summed E-state index contributed by atoms with van der Waals surface area (Å²) in [6.45, 7) is 7.21. The number of benzene rings is 1. The molecular weight excluding hydrogens is 360 g/mol. The van der Waals surface area contributed by atoms with E-state index in [9.17, 15) is 4.79 Å². The van der Waals surface area contributed by atoms with Crippen molar-refractivity contribution in [1.82, 2.24) is 14.8 Å². The average molecular weight is 389 g/mol. The molecule has 1 fully saturated rings. The van der Waals surface area contributed by atoms with Gasteiger partial charge in [0.25, 0.3) is 0 Å². The zero-order valence-corrected chi connectivity index (χ0v) is 17.1. The lowest BCUT2D eigenvalue weighted by Gasteiger charge is -2.19. The Balaban J connectivity index is 1.51. The zero-order valence-electron chi connectivity index (χ0n) is 16.3. The van der Waals surface area contributed by atoms with E-state index in [4.69, 9.17) is 10.5 Å². The fourth-order valence-corrected chi connectivity index (χ4v) is 3.70. The van der Waals surface area contributed by atoms with E-state index in [1.54, 1.807) is 11.8 Å². The second kappa shape index (κ2) is 8.33. The monoisotopic (exact) mass is 388 g/mol. The van der Waals surface area contributed by atoms with Gasteiger partial charge in [0.05, 0.1) is 6.61 Å². The molecule has 27 heavy (non-hydrogen) atoms. The van der Waals surface area contributed by atoms with E-state index in [-0.39, 0.29) is 11.3 Å². The van der Waals surface area contributed by atoms with E-state index in [2.05, 4.69) is 47.7 Å². The smallest absolute Gasteiger partial charge is 0.217 e. The standard InChI is InChI=1S/C20H28N4O2S/c1-20(2,3)14-4-8-16(9-5-14)26-12-13-27-19-23-22-18(11-10-17(21)25)24(19)15-6-7-15/h4-5,8-9,15H,6-7,10-13H2,1-3H3,(H2,21,25). The SMILES string of the molecule is CC(C)(C)c1ccc(OCCSc2nnc(CCC(N)=O)n2C2CC2)cc1. The number of aryl methyl sites for hydroxylation is 1. The number of carbonyl (C=O) groups excluding carboxylic acids is 1. The van der Waals surface area contributed by atoms with Crippen LogP contribution in [0.5, 0.6) is 5.75 Å². The third-order valence-corrected chi connectivity index (χ3v) is 5.45. The topological polar surface area (TPSA) is 83.0 Å². The van der Waals surface area contributed by atoms with Gasteiger partial charge < -0.3 is 15.0 Å². The van der Waals surface area contributed by atoms with Crippen LogP contribution in [-0.4, -0.2) is 33.0 Å². The van der Waals surface area contributed by atoms with Gasteiger partial charge in [0.1, 0.15) is 11.6 Å². The highest BCUT2D eigenvalue weighted by Gasteiger charge is 2.29. The van der Waals surface area contributed by atoms with Crippen molar-refractivity contribution in [2.75, 3.05) is 12.4 Å². The number of hydrogen-bond acceptors (Lipinski definition) is 5. The molecule has 2 aromatic rings. The van der Waals surface area contributed by atoms with Gasteiger partial charge >= 0.3 is 0 Å². The summed E-state index contributed by atoms with van der Waals surface area (Å²) in [7, 11) is 0. The van der Waals surface area contributed by atoms with Crippen molar-refractivity contribution < 1.29 is 9.53 Å². The molecule has 0 unspecified atom stereocenters. The third-order valence-electron chi connectivity index (χ3n) is 4.55. The van der Waals surface area contributed by atoms with Crippen LogP contribution in [0.1, 0.15) is 57.5 Å². The number of rotatable bonds is 9. The number of amides is 1. The van der Waals surface area contributed by atoms with Gasteiger partial charge in [-0.2, -0.15) is 0 Å². The third kappa shape index (κ3) is 5.48. The molecule has 0 radical (unpaired) electrons. The van der Waals surface area contributed by atoms with Crippen LogP contribution in [0.2, 0.25) is 0 Å². The van der Waals surface area contributed by atoms with Crippen LogP contribution in [0.4, 0.5) is 0 Å². The number of hydrogen-bond donors (Lipinski definition) is 1. The maximum Gasteiger partial charge on any atom is 0.217 e. The summed E-state index contributed by atoms with van der Waals surface area (Å²) in [5, 5.41) is 9.48. The first-order valence-electron chi connectivity index (χ1n) is 9.43. The number of carbonyl (C=O) groups is 1. The second-order valence-corrected chi connectivity index (χ2v) is 9.00. The zero-order chi connectivity index (χ0) is 19.4. The van der Waals surface area contributed by atoms with E-state index >= 15 is 0 Å². The maximum atomic E-state index is 11.0. The molecule has 0 aliphatic heterocycles. The largest absolute Gasteiger partial charge is 0.493 e. The number of nitrogens with two attached hydrogens (primary N) is 1. The number of ether oxygens (including phenoxy) is 1. The van der Waals surface area contributed by atoms with E-state index in [1.807, 2.05) is 12.1 Å². The molecule has 1 aromatic carbocycles. The highest BCUT2D eigenvalue weighted by Crippen LogP contribution is 2.39. The summed E-state index contributed by atoms with van der Waals surface area (Å²) in [4.78, 5) is 11.0. The number of primary amides is 1. The van der Waals surface area contributed by atoms with Crippen molar-refractivity contribution in [2.24, 2.45) is 5.73 Å². The molecule has 1 amide bonds. The molecule has 7 heteroatoms. The van der Waals surface area contributed by atoms with Crippen molar-refractivity contribution in [2.45, 2.75) is 63.1 Å². The molecule has 0 spiro atoms. The fourth-order valence-electron chi connectivity index (χ4n) is 2.85. The van der Waals surface area contributed by atoms with E-state index in [1.165, 1.54) is 5.56 Å². The molecule has 1 saturated carbocycles. The second-order valence-electron chi connectivity index (χ2n) is 7.94. The summed E-state index contributed by atoms with van der Waals surface area (Å²) in [6, 6.07) is 8.77. The molecule has 1 heterocycles. The van der Waals surface area contributed by atoms with Crippen LogP contribution in [0.25, 0.3) is 0 Å². The molecule has 1 aliphatic rings. The van der Waals surface area contributed by atoms with Gasteiger partial charge in [0, 0.05) is 24.6 Å². The van der Waals surface area contributed by atoms with Crippen molar-refractivity contribution in [3.8, 4) is 5.75 Å². The minimum atomic E-state index is -0.305. The number of thioether (sulfide) groups is 1. The Kier molecular flexibility index (Phi) is 6.09. The van der Waals surface area contributed by atoms with Crippen molar-refractivity contribution in [3.63, 3.8) is 0 Å². The Morgan fingerprint density at radius 3 is 2.56 bits per heavy atom. The Labute approximate surface area is 164 Å². The number of aromatic nitrogens is 3. The Morgan fingerprint density at radius 2 is 1.96 bits per heavy atom. The summed E-state index contributed by atoms with van der Waals surface area (Å²) in [5.74, 6) is 2.23. The predicted molar refractivity (Wildman–Crippen MR) is 107 cm³/mol. The van der Waals surface area contributed by atoms with Crippen LogP contribution in [0.3, 0.4) is 0 Å². The van der Waals surface area contributed by atoms with Gasteiger partial charge in [-0.1, -0.05) is 44.7 Å². The molecule has 1 aliphatic carbocycles. The molecule has 0 bridgehead atoms. The van der Waals surface area contributed by atoms with Gasteiger partial charge in [0.2, 0.25) is 5.91 Å². The van der Waals surface area contributed by atoms with E-state index < -0.39 is 0 Å². The summed E-state index contributed by atoms with van der Waals surface area (Å²) < 4.78 is 8.03. The van der Waals surface area contributed by atoms with Gasteiger partial charge in [-0.05, 0) is 36.0 Å².